The summed E-state index contributed by atoms with van der Waals surface area (Å²) in [6.45, 7) is 0. The van der Waals surface area contributed by atoms with Crippen molar-refractivity contribution in [1.29, 1.82) is 0 Å². The lowest BCUT2D eigenvalue weighted by Crippen LogP contribution is -2.05. The molecule has 0 radical (unpaired) electrons. The van der Waals surface area contributed by atoms with E-state index in [1.807, 2.05) is 18.2 Å². The molecular formula is C13H16BrClO. The standard InChI is InChI=1S/C13H16BrClO/c14-12-6-5-10(15)8-11(12)13(16)7-9-3-1-2-4-9/h5-6,8-9,13,16H,1-4,7H2. The quantitative estimate of drug-likeness (QED) is 0.857. The highest BCUT2D eigenvalue weighted by Crippen LogP contribution is 2.35. The van der Waals surface area contributed by atoms with E-state index in [9.17, 15) is 5.11 Å². The van der Waals surface area contributed by atoms with E-state index in [4.69, 9.17) is 11.6 Å². The maximum atomic E-state index is 10.2. The van der Waals surface area contributed by atoms with Crippen LogP contribution in [-0.4, -0.2) is 5.11 Å². The summed E-state index contributed by atoms with van der Waals surface area (Å²) in [5.41, 5.74) is 0.916. The third kappa shape index (κ3) is 2.99. The summed E-state index contributed by atoms with van der Waals surface area (Å²) in [5, 5.41) is 10.9. The molecule has 1 atom stereocenters. The van der Waals surface area contributed by atoms with Crippen molar-refractivity contribution in [1.82, 2.24) is 0 Å². The summed E-state index contributed by atoms with van der Waals surface area (Å²) in [5.74, 6) is 0.681. The van der Waals surface area contributed by atoms with E-state index < -0.39 is 6.10 Å². The van der Waals surface area contributed by atoms with Gasteiger partial charge in [0.2, 0.25) is 0 Å². The van der Waals surface area contributed by atoms with E-state index >= 15 is 0 Å². The van der Waals surface area contributed by atoms with Gasteiger partial charge >= 0.3 is 0 Å². The molecule has 1 unspecified atom stereocenters. The van der Waals surface area contributed by atoms with E-state index in [-0.39, 0.29) is 0 Å². The minimum absolute atomic E-state index is 0.392. The van der Waals surface area contributed by atoms with Crippen molar-refractivity contribution >= 4 is 27.5 Å². The lowest BCUT2D eigenvalue weighted by molar-refractivity contribution is 0.144. The third-order valence-electron chi connectivity index (χ3n) is 3.35. The van der Waals surface area contributed by atoms with Gasteiger partial charge in [-0.2, -0.15) is 0 Å². The van der Waals surface area contributed by atoms with Gasteiger partial charge in [0.05, 0.1) is 6.10 Å². The van der Waals surface area contributed by atoms with Crippen LogP contribution in [-0.2, 0) is 0 Å². The number of hydrogen-bond donors (Lipinski definition) is 1. The van der Waals surface area contributed by atoms with Gasteiger partial charge in [-0.05, 0) is 36.1 Å². The molecule has 3 heteroatoms. The Labute approximate surface area is 110 Å². The molecule has 2 rings (SSSR count). The molecule has 0 spiro atoms. The zero-order valence-corrected chi connectivity index (χ0v) is 11.5. The van der Waals surface area contributed by atoms with Crippen molar-refractivity contribution in [2.75, 3.05) is 0 Å². The summed E-state index contributed by atoms with van der Waals surface area (Å²) < 4.78 is 0.947. The van der Waals surface area contributed by atoms with Crippen LogP contribution in [0.2, 0.25) is 5.02 Å². The number of rotatable bonds is 3. The van der Waals surface area contributed by atoms with Crippen LogP contribution < -0.4 is 0 Å². The molecule has 1 fully saturated rings. The molecule has 1 saturated carbocycles. The summed E-state index contributed by atoms with van der Waals surface area (Å²) >= 11 is 9.41. The van der Waals surface area contributed by atoms with Gasteiger partial charge in [0, 0.05) is 9.50 Å². The van der Waals surface area contributed by atoms with Crippen LogP contribution >= 0.6 is 27.5 Å². The summed E-state index contributed by atoms with van der Waals surface area (Å²) in [6, 6.07) is 5.58. The molecule has 1 N–H and O–H groups in total. The molecular weight excluding hydrogens is 287 g/mol. The Balaban J connectivity index is 2.07. The van der Waals surface area contributed by atoms with Crippen molar-refractivity contribution in [3.05, 3.63) is 33.3 Å². The predicted octanol–water partition coefficient (Wildman–Crippen LogP) is 4.72. The molecule has 88 valence electrons. The number of aliphatic hydroxyl groups excluding tert-OH is 1. The van der Waals surface area contributed by atoms with Crippen LogP contribution in [0.15, 0.2) is 22.7 Å². The molecule has 0 heterocycles. The second-order valence-corrected chi connectivity index (χ2v) is 5.86. The molecule has 0 saturated heterocycles. The second-order valence-electron chi connectivity index (χ2n) is 4.57. The highest BCUT2D eigenvalue weighted by Gasteiger charge is 2.21. The molecule has 1 nitrogen and oxygen atoms in total. The Morgan fingerprint density at radius 2 is 2.06 bits per heavy atom. The number of hydrogen-bond acceptors (Lipinski definition) is 1. The van der Waals surface area contributed by atoms with Crippen LogP contribution in [0, 0.1) is 5.92 Å². The first-order valence-corrected chi connectivity index (χ1v) is 6.97. The fourth-order valence-electron chi connectivity index (χ4n) is 2.46. The van der Waals surface area contributed by atoms with E-state index in [0.29, 0.717) is 10.9 Å². The van der Waals surface area contributed by atoms with Gasteiger partial charge < -0.3 is 5.11 Å². The average molecular weight is 304 g/mol. The molecule has 0 aliphatic heterocycles. The minimum Gasteiger partial charge on any atom is -0.388 e. The highest BCUT2D eigenvalue weighted by molar-refractivity contribution is 9.10. The third-order valence-corrected chi connectivity index (χ3v) is 4.31. The maximum absolute atomic E-state index is 10.2. The van der Waals surface area contributed by atoms with E-state index in [2.05, 4.69) is 15.9 Å². The fraction of sp³-hybridized carbons (Fsp3) is 0.538. The van der Waals surface area contributed by atoms with Gasteiger partial charge in [-0.3, -0.25) is 0 Å². The van der Waals surface area contributed by atoms with Crippen LogP contribution in [0.5, 0.6) is 0 Å². The normalized spacial score (nSPS) is 18.9. The van der Waals surface area contributed by atoms with Crippen LogP contribution in [0.1, 0.15) is 43.8 Å². The van der Waals surface area contributed by atoms with E-state index in [1.165, 1.54) is 25.7 Å². The first-order chi connectivity index (χ1) is 7.66. The molecule has 1 aliphatic carbocycles. The van der Waals surface area contributed by atoms with Gasteiger partial charge in [0.1, 0.15) is 0 Å². The molecule has 0 bridgehead atoms. The zero-order valence-electron chi connectivity index (χ0n) is 9.13. The largest absolute Gasteiger partial charge is 0.388 e. The lowest BCUT2D eigenvalue weighted by Gasteiger charge is -2.17. The van der Waals surface area contributed by atoms with Crippen LogP contribution in [0.3, 0.4) is 0 Å². The van der Waals surface area contributed by atoms with Crippen molar-refractivity contribution in [3.63, 3.8) is 0 Å². The maximum Gasteiger partial charge on any atom is 0.0804 e. The summed E-state index contributed by atoms with van der Waals surface area (Å²) in [4.78, 5) is 0. The first kappa shape index (κ1) is 12.4. The molecule has 1 aromatic rings. The Hall–Kier alpha value is -0.0500. The summed E-state index contributed by atoms with van der Waals surface area (Å²) in [6.07, 6.45) is 5.61. The number of benzene rings is 1. The molecule has 16 heavy (non-hydrogen) atoms. The summed E-state index contributed by atoms with van der Waals surface area (Å²) in [7, 11) is 0. The number of aliphatic hydroxyl groups is 1. The van der Waals surface area contributed by atoms with Crippen LogP contribution in [0.25, 0.3) is 0 Å². The number of halogens is 2. The Kier molecular flexibility index (Phi) is 4.28. The Morgan fingerprint density at radius 3 is 2.75 bits per heavy atom. The van der Waals surface area contributed by atoms with Gasteiger partial charge in [0.25, 0.3) is 0 Å². The smallest absolute Gasteiger partial charge is 0.0804 e. The monoisotopic (exact) mass is 302 g/mol. The Bertz CT molecular complexity index is 361. The fourth-order valence-corrected chi connectivity index (χ4v) is 3.15. The van der Waals surface area contributed by atoms with Crippen molar-refractivity contribution < 1.29 is 5.11 Å². The second kappa shape index (κ2) is 5.52. The van der Waals surface area contributed by atoms with Crippen molar-refractivity contribution in [2.24, 2.45) is 5.92 Å². The predicted molar refractivity (Wildman–Crippen MR) is 70.7 cm³/mol. The first-order valence-electron chi connectivity index (χ1n) is 5.80. The lowest BCUT2D eigenvalue weighted by atomic mass is 9.96. The van der Waals surface area contributed by atoms with Crippen molar-refractivity contribution in [2.45, 2.75) is 38.2 Å². The zero-order chi connectivity index (χ0) is 11.5. The van der Waals surface area contributed by atoms with Gasteiger partial charge in [-0.1, -0.05) is 53.2 Å². The molecule has 0 aromatic heterocycles. The Morgan fingerprint density at radius 1 is 1.38 bits per heavy atom. The average Bonchev–Trinajstić information content (AvgIpc) is 2.74. The van der Waals surface area contributed by atoms with Gasteiger partial charge in [-0.15, -0.1) is 0 Å². The van der Waals surface area contributed by atoms with E-state index in [0.717, 1.165) is 16.5 Å². The highest BCUT2D eigenvalue weighted by atomic mass is 79.9. The minimum atomic E-state index is -0.392. The topological polar surface area (TPSA) is 20.2 Å². The van der Waals surface area contributed by atoms with Crippen molar-refractivity contribution in [3.8, 4) is 0 Å². The van der Waals surface area contributed by atoms with E-state index in [1.54, 1.807) is 0 Å². The van der Waals surface area contributed by atoms with Gasteiger partial charge in [-0.25, -0.2) is 0 Å². The molecule has 1 aliphatic rings. The van der Waals surface area contributed by atoms with Crippen LogP contribution in [0.4, 0.5) is 0 Å². The SMILES string of the molecule is OC(CC1CCCC1)c1cc(Cl)ccc1Br. The van der Waals surface area contributed by atoms with Gasteiger partial charge in [0.15, 0.2) is 0 Å². The molecule has 1 aromatic carbocycles. The molecule has 0 amide bonds.